The Morgan fingerprint density at radius 3 is 2.02 bits per heavy atom. The molecule has 0 saturated carbocycles. The monoisotopic (exact) mass is 682 g/mol. The van der Waals surface area contributed by atoms with Gasteiger partial charge in [-0.25, -0.2) is 20.0 Å². The Morgan fingerprint density at radius 1 is 0.500 bits per heavy atom. The molecule has 8 aromatic carbocycles. The molecule has 0 unspecified atom stereocenters. The van der Waals surface area contributed by atoms with Gasteiger partial charge in [0.05, 0.1) is 33.0 Å². The SMILES string of the molecule is Cc1ccccc1-c1nc(N2c3c(c4ccccc4c4c3sc3ccccc34)-c3c(ccc4ccccc34)N2c2ccccc2)nc2ccccc12. The first-order valence-electron chi connectivity index (χ1n) is 17.6. The third-order valence-corrected chi connectivity index (χ3v) is 11.7. The number of hydrogen-bond acceptors (Lipinski definition) is 5. The predicted molar refractivity (Wildman–Crippen MR) is 220 cm³/mol. The number of rotatable bonds is 3. The van der Waals surface area contributed by atoms with E-state index in [0.29, 0.717) is 5.95 Å². The van der Waals surface area contributed by atoms with Crippen LogP contribution in [-0.2, 0) is 0 Å². The second kappa shape index (κ2) is 11.2. The van der Waals surface area contributed by atoms with Crippen molar-refractivity contribution in [2.24, 2.45) is 0 Å². The molecular formula is C47H30N4S. The van der Waals surface area contributed by atoms with Crippen LogP contribution in [0.15, 0.2) is 164 Å². The molecule has 5 heteroatoms. The topological polar surface area (TPSA) is 32.3 Å². The molecular weight excluding hydrogens is 653 g/mol. The van der Waals surface area contributed by atoms with Crippen LogP contribution >= 0.6 is 11.3 Å². The van der Waals surface area contributed by atoms with Crippen molar-refractivity contribution in [1.82, 2.24) is 9.97 Å². The van der Waals surface area contributed by atoms with Crippen molar-refractivity contribution in [3.05, 3.63) is 169 Å². The second-order valence-corrected chi connectivity index (χ2v) is 14.5. The average molecular weight is 683 g/mol. The number of nitrogens with zero attached hydrogens (tertiary/aromatic N) is 4. The maximum Gasteiger partial charge on any atom is 0.251 e. The quantitative estimate of drug-likeness (QED) is 0.186. The fourth-order valence-electron chi connectivity index (χ4n) is 8.22. The molecule has 0 radical (unpaired) electrons. The zero-order valence-corrected chi connectivity index (χ0v) is 29.1. The van der Waals surface area contributed by atoms with Crippen LogP contribution in [0.2, 0.25) is 0 Å². The van der Waals surface area contributed by atoms with Gasteiger partial charge in [0.15, 0.2) is 0 Å². The first kappa shape index (κ1) is 29.2. The molecule has 1 aliphatic rings. The summed E-state index contributed by atoms with van der Waals surface area (Å²) in [6.45, 7) is 2.16. The van der Waals surface area contributed by atoms with Crippen molar-refractivity contribution in [2.45, 2.75) is 6.92 Å². The number of para-hydroxylation sites is 2. The Bertz CT molecular complexity index is 3060. The van der Waals surface area contributed by atoms with Gasteiger partial charge in [0.2, 0.25) is 0 Å². The number of aryl methyl sites for hydroxylation is 1. The van der Waals surface area contributed by atoms with Crippen molar-refractivity contribution >= 4 is 87.0 Å². The fraction of sp³-hybridized carbons (Fsp3) is 0.0213. The minimum Gasteiger partial charge on any atom is -0.246 e. The van der Waals surface area contributed by atoms with E-state index in [0.717, 1.165) is 39.2 Å². The van der Waals surface area contributed by atoms with Gasteiger partial charge in [0.1, 0.15) is 0 Å². The van der Waals surface area contributed by atoms with Crippen molar-refractivity contribution in [2.75, 3.05) is 10.0 Å². The zero-order chi connectivity index (χ0) is 34.3. The van der Waals surface area contributed by atoms with Crippen molar-refractivity contribution in [1.29, 1.82) is 0 Å². The number of benzene rings is 8. The summed E-state index contributed by atoms with van der Waals surface area (Å²) in [4.78, 5) is 11.0. The largest absolute Gasteiger partial charge is 0.251 e. The van der Waals surface area contributed by atoms with E-state index in [-0.39, 0.29) is 0 Å². The predicted octanol–water partition coefficient (Wildman–Crippen LogP) is 13.2. The summed E-state index contributed by atoms with van der Waals surface area (Å²) in [5.74, 6) is 0.620. The van der Waals surface area contributed by atoms with Gasteiger partial charge in [-0.2, -0.15) is 0 Å². The average Bonchev–Trinajstić information content (AvgIpc) is 3.60. The van der Waals surface area contributed by atoms with E-state index in [4.69, 9.17) is 9.97 Å². The van der Waals surface area contributed by atoms with Crippen LogP contribution in [-0.4, -0.2) is 9.97 Å². The van der Waals surface area contributed by atoms with Crippen LogP contribution in [0.1, 0.15) is 5.56 Å². The van der Waals surface area contributed by atoms with Gasteiger partial charge >= 0.3 is 0 Å². The smallest absolute Gasteiger partial charge is 0.246 e. The third-order valence-electron chi connectivity index (χ3n) is 10.5. The first-order chi connectivity index (χ1) is 25.7. The van der Waals surface area contributed by atoms with Gasteiger partial charge in [0.25, 0.3) is 5.95 Å². The summed E-state index contributed by atoms with van der Waals surface area (Å²) in [6.07, 6.45) is 0. The van der Waals surface area contributed by atoms with E-state index in [1.165, 1.54) is 58.4 Å². The van der Waals surface area contributed by atoms with E-state index in [2.05, 4.69) is 181 Å². The summed E-state index contributed by atoms with van der Waals surface area (Å²) in [7, 11) is 0. The molecule has 0 fully saturated rings. The van der Waals surface area contributed by atoms with E-state index >= 15 is 0 Å². The standard InChI is InChI=1S/C47H30N4S/c1-29-15-5-7-19-32(29)44-36-23-11-13-25-38(36)48-47(49-44)51-45-43(35-22-10-9-21-34(35)41-37-24-12-14-26-40(37)52-46(41)45)42-33-20-8-6-16-30(33)27-28-39(42)50(51)31-17-3-2-4-18-31/h2-28H,1H3. The van der Waals surface area contributed by atoms with Crippen molar-refractivity contribution < 1.29 is 0 Å². The van der Waals surface area contributed by atoms with E-state index in [1.54, 1.807) is 0 Å². The Labute approximate surface area is 304 Å². The number of fused-ring (bicyclic) bond motifs is 13. The molecule has 0 spiro atoms. The molecule has 0 N–H and O–H groups in total. The Balaban J connectivity index is 1.37. The molecule has 4 nitrogen and oxygen atoms in total. The van der Waals surface area contributed by atoms with E-state index in [1.807, 2.05) is 11.3 Å². The second-order valence-electron chi connectivity index (χ2n) is 13.4. The van der Waals surface area contributed by atoms with Gasteiger partial charge in [0, 0.05) is 37.5 Å². The molecule has 2 aromatic heterocycles. The van der Waals surface area contributed by atoms with Crippen LogP contribution in [0.5, 0.6) is 0 Å². The molecule has 3 heterocycles. The Morgan fingerprint density at radius 2 is 1.17 bits per heavy atom. The van der Waals surface area contributed by atoms with Gasteiger partial charge in [-0.15, -0.1) is 11.3 Å². The minimum absolute atomic E-state index is 0.620. The lowest BCUT2D eigenvalue weighted by atomic mass is 9.87. The summed E-state index contributed by atoms with van der Waals surface area (Å²) >= 11 is 1.85. The van der Waals surface area contributed by atoms with Gasteiger partial charge in [-0.05, 0) is 64.4 Å². The molecule has 0 amide bonds. The number of aromatic nitrogens is 2. The van der Waals surface area contributed by atoms with Gasteiger partial charge in [-0.3, -0.25) is 0 Å². The number of hydrazine groups is 1. The lowest BCUT2D eigenvalue weighted by Crippen LogP contribution is -2.40. The molecule has 52 heavy (non-hydrogen) atoms. The normalized spacial score (nSPS) is 12.6. The maximum absolute atomic E-state index is 5.58. The number of thiophene rings is 1. The van der Waals surface area contributed by atoms with E-state index < -0.39 is 0 Å². The highest BCUT2D eigenvalue weighted by molar-refractivity contribution is 7.26. The van der Waals surface area contributed by atoms with Crippen LogP contribution in [0.3, 0.4) is 0 Å². The minimum atomic E-state index is 0.620. The molecule has 0 atom stereocenters. The van der Waals surface area contributed by atoms with Crippen LogP contribution in [0, 0.1) is 6.92 Å². The van der Waals surface area contributed by atoms with Gasteiger partial charge in [-0.1, -0.05) is 133 Å². The highest BCUT2D eigenvalue weighted by Gasteiger charge is 2.38. The maximum atomic E-state index is 5.58. The zero-order valence-electron chi connectivity index (χ0n) is 28.3. The highest BCUT2D eigenvalue weighted by Crippen LogP contribution is 2.58. The highest BCUT2D eigenvalue weighted by atomic mass is 32.1. The fourth-order valence-corrected chi connectivity index (χ4v) is 9.47. The summed E-state index contributed by atoms with van der Waals surface area (Å²) in [5, 5.41) is 13.1. The van der Waals surface area contributed by atoms with Crippen molar-refractivity contribution in [3.63, 3.8) is 0 Å². The van der Waals surface area contributed by atoms with Crippen LogP contribution < -0.4 is 10.0 Å². The molecule has 11 rings (SSSR count). The van der Waals surface area contributed by atoms with Crippen molar-refractivity contribution in [3.8, 4) is 22.4 Å². The molecule has 0 bridgehead atoms. The summed E-state index contributed by atoms with van der Waals surface area (Å²) < 4.78 is 2.47. The lowest BCUT2D eigenvalue weighted by molar-refractivity contribution is 0.933. The molecule has 244 valence electrons. The molecule has 0 aliphatic carbocycles. The number of anilines is 4. The molecule has 10 aromatic rings. The Kier molecular flexibility index (Phi) is 6.30. The first-order valence-corrected chi connectivity index (χ1v) is 18.4. The summed E-state index contributed by atoms with van der Waals surface area (Å²) in [6, 6.07) is 58.6. The Hall–Kier alpha value is -6.56. The lowest BCUT2D eigenvalue weighted by Gasteiger charge is -2.43. The van der Waals surface area contributed by atoms with E-state index in [9.17, 15) is 0 Å². The third kappa shape index (κ3) is 4.14. The molecule has 1 aliphatic heterocycles. The van der Waals surface area contributed by atoms with Crippen LogP contribution in [0.25, 0.3) is 75.0 Å². The van der Waals surface area contributed by atoms with Crippen LogP contribution in [0.4, 0.5) is 23.0 Å². The number of hydrogen-bond donors (Lipinski definition) is 0. The summed E-state index contributed by atoms with van der Waals surface area (Å²) in [5.41, 5.74) is 9.70. The van der Waals surface area contributed by atoms with Gasteiger partial charge < -0.3 is 0 Å². The molecule has 0 saturated heterocycles.